The van der Waals surface area contributed by atoms with Gasteiger partial charge in [0.1, 0.15) is 25.4 Å². The van der Waals surface area contributed by atoms with Crippen LogP contribution >= 0.6 is 15.6 Å². The highest BCUT2D eigenvalue weighted by Crippen LogP contribution is 2.45. The smallest absolute Gasteiger partial charge is 0.463 e. The lowest BCUT2D eigenvalue weighted by molar-refractivity contribution is -0.161. The van der Waals surface area contributed by atoms with Gasteiger partial charge in [-0.05, 0) is 128 Å². The van der Waals surface area contributed by atoms with Gasteiger partial charge in [0, 0.05) is 19.3 Å². The fourth-order valence-corrected chi connectivity index (χ4v) is 11.9. The molecule has 0 aliphatic heterocycles. The first-order valence-electron chi connectivity index (χ1n) is 39.5. The van der Waals surface area contributed by atoms with Crippen molar-refractivity contribution in [3.63, 3.8) is 0 Å². The maximum absolute atomic E-state index is 12.9. The molecule has 16 nitrogen and oxygen atoms in total. The molecule has 0 aliphatic carbocycles. The molecule has 4 N–H and O–H groups in total. The summed E-state index contributed by atoms with van der Waals surface area (Å²) in [7, 11) is -9.81. The van der Waals surface area contributed by atoms with Crippen LogP contribution in [0.3, 0.4) is 0 Å². The van der Waals surface area contributed by atoms with E-state index in [1.165, 1.54) is 141 Å². The molecular weight excluding hydrogens is 1310 g/mol. The van der Waals surface area contributed by atoms with Crippen LogP contribution in [0.15, 0.2) is 134 Å². The molecule has 0 amide bonds. The van der Waals surface area contributed by atoms with Crippen LogP contribution in [-0.4, -0.2) is 95.9 Å². The molecule has 5 unspecified atom stereocenters. The van der Waals surface area contributed by atoms with E-state index in [0.29, 0.717) is 25.7 Å². The second-order valence-electron chi connectivity index (χ2n) is 26.1. The van der Waals surface area contributed by atoms with E-state index in [9.17, 15) is 43.5 Å². The average molecular weight is 1460 g/mol. The van der Waals surface area contributed by atoms with E-state index in [2.05, 4.69) is 136 Å². The lowest BCUT2D eigenvalue weighted by Crippen LogP contribution is -2.30. The number of unbranched alkanes of at least 4 members (excludes halogenated alkanes) is 29. The summed E-state index contributed by atoms with van der Waals surface area (Å²) in [5.74, 6) is -1.68. The summed E-state index contributed by atoms with van der Waals surface area (Å²) in [6.07, 6.45) is 91.1. The molecule has 0 heterocycles. The van der Waals surface area contributed by atoms with Crippen molar-refractivity contribution in [3.05, 3.63) is 134 Å². The third-order valence-corrected chi connectivity index (χ3v) is 18.2. The van der Waals surface area contributed by atoms with Crippen LogP contribution in [0.1, 0.15) is 316 Å². The van der Waals surface area contributed by atoms with Crippen molar-refractivity contribution in [2.75, 3.05) is 39.6 Å². The monoisotopic (exact) mass is 1460 g/mol. The Morgan fingerprint density at radius 1 is 0.287 bits per heavy atom. The number of ether oxygens (including phenoxy) is 3. The van der Waals surface area contributed by atoms with Gasteiger partial charge in [-0.25, -0.2) is 9.13 Å². The number of rotatable bonds is 74. The van der Waals surface area contributed by atoms with Crippen molar-refractivity contribution in [2.24, 2.45) is 0 Å². The van der Waals surface area contributed by atoms with Gasteiger partial charge in [-0.15, -0.1) is 0 Å². The topological polar surface area (TPSA) is 231 Å². The number of esters is 3. The van der Waals surface area contributed by atoms with Gasteiger partial charge < -0.3 is 34.2 Å². The van der Waals surface area contributed by atoms with E-state index in [1.807, 2.05) is 18.2 Å². The minimum Gasteiger partial charge on any atom is -0.463 e. The predicted octanol–water partition coefficient (Wildman–Crippen LogP) is 23.1. The molecule has 18 heteroatoms. The second-order valence-corrected chi connectivity index (χ2v) is 29.0. The maximum Gasteiger partial charge on any atom is 0.472 e. The second kappa shape index (κ2) is 75.4. The summed E-state index contributed by atoms with van der Waals surface area (Å²) < 4.78 is 60.9. The first-order valence-corrected chi connectivity index (χ1v) is 42.5. The van der Waals surface area contributed by atoms with Crippen molar-refractivity contribution >= 4 is 33.6 Å². The minimum atomic E-state index is -4.95. The summed E-state index contributed by atoms with van der Waals surface area (Å²) >= 11 is 0. The van der Waals surface area contributed by atoms with Gasteiger partial charge in [0.25, 0.3) is 0 Å². The molecular formula is C83H142O16P2. The van der Waals surface area contributed by atoms with Crippen molar-refractivity contribution in [2.45, 2.75) is 334 Å². The molecule has 5 atom stereocenters. The van der Waals surface area contributed by atoms with E-state index >= 15 is 0 Å². The highest BCUT2D eigenvalue weighted by Gasteiger charge is 2.29. The zero-order valence-corrected chi connectivity index (χ0v) is 65.1. The van der Waals surface area contributed by atoms with Crippen LogP contribution in [-0.2, 0) is 55.8 Å². The number of aliphatic hydroxyl groups is 2. The Morgan fingerprint density at radius 3 is 0.921 bits per heavy atom. The van der Waals surface area contributed by atoms with Crippen LogP contribution < -0.4 is 0 Å². The first-order chi connectivity index (χ1) is 49.2. The van der Waals surface area contributed by atoms with E-state index < -0.39 is 91.5 Å². The van der Waals surface area contributed by atoms with Gasteiger partial charge in [-0.1, -0.05) is 302 Å². The van der Waals surface area contributed by atoms with Crippen molar-refractivity contribution in [3.8, 4) is 0 Å². The molecule has 0 spiro atoms. The van der Waals surface area contributed by atoms with Crippen LogP contribution in [0.25, 0.3) is 0 Å². The molecule has 0 saturated heterocycles. The summed E-state index contributed by atoms with van der Waals surface area (Å²) in [4.78, 5) is 58.5. The fraction of sp³-hybridized carbons (Fsp3) is 0.699. The molecule has 580 valence electrons. The Bertz CT molecular complexity index is 2370. The zero-order chi connectivity index (χ0) is 73.7. The molecule has 0 radical (unpaired) electrons. The highest BCUT2D eigenvalue weighted by molar-refractivity contribution is 7.47. The zero-order valence-electron chi connectivity index (χ0n) is 63.3. The van der Waals surface area contributed by atoms with Crippen molar-refractivity contribution in [1.29, 1.82) is 0 Å². The van der Waals surface area contributed by atoms with Gasteiger partial charge in [-0.3, -0.25) is 32.5 Å². The molecule has 0 aromatic heterocycles. The molecule has 0 saturated carbocycles. The fourth-order valence-electron chi connectivity index (χ4n) is 10.3. The number of carbonyl (C=O) groups is 3. The maximum atomic E-state index is 12.9. The molecule has 0 fully saturated rings. The summed E-state index contributed by atoms with van der Waals surface area (Å²) in [5, 5.41) is 20.6. The van der Waals surface area contributed by atoms with E-state index in [1.54, 1.807) is 0 Å². The van der Waals surface area contributed by atoms with Crippen LogP contribution in [0.5, 0.6) is 0 Å². The SMILES string of the molecule is CC/C=C\C/C=C\C/C=C\C/C=C\C/C=C\C/C=C\CCC(=O)OCC(COP(=O)(O)OCC(O)COP(=O)(O)OCC(O)COC(=O)CCCCCCCCCCCCCCCCCCC/C=C\C/C=C\C/C=C\C/C=C\CCCCC)OC(=O)CCCCCCC/C=C\CCCCCC. The van der Waals surface area contributed by atoms with Crippen LogP contribution in [0, 0.1) is 0 Å². The van der Waals surface area contributed by atoms with E-state index in [4.69, 9.17) is 32.3 Å². The van der Waals surface area contributed by atoms with Crippen molar-refractivity contribution in [1.82, 2.24) is 0 Å². The molecule has 0 aliphatic rings. The minimum absolute atomic E-state index is 0.0413. The lowest BCUT2D eigenvalue weighted by Gasteiger charge is -2.21. The molecule has 101 heavy (non-hydrogen) atoms. The number of aliphatic hydroxyl groups excluding tert-OH is 2. The molecule has 0 aromatic carbocycles. The standard InChI is InChI=1S/C83H142O16P2/c1-4-7-10-13-16-19-22-25-27-29-31-32-33-34-35-36-37-38-39-40-41-42-43-44-46-48-49-52-54-57-60-63-66-69-81(86)93-72-78(84)73-95-100(89,90)96-74-79(85)75-97-101(91,92)98-77-80(99-83(88)71-68-65-62-59-56-51-24-21-18-15-12-9-6-3)76-94-82(87)70-67-64-61-58-55-53-50-47-45-30-28-26-23-20-17-14-11-8-5-2/h8,11,16-17,19-21,24-28,31-32,34-35,45,47,53,55,61,64,78-80,84-85H,4-7,9-10,12-15,18,22-23,29-30,33,36-44,46,48-52,54,56-60,62-63,65-77H2,1-3H3,(H,89,90)(H,91,92)/b11-8-,19-16-,20-17-,24-21-,27-25-,28-26-,32-31-,35-34-,47-45-,55-53-,64-61-. The number of phosphoric ester groups is 2. The Balaban J connectivity index is 4.45. The summed E-state index contributed by atoms with van der Waals surface area (Å²) in [6, 6.07) is 0. The summed E-state index contributed by atoms with van der Waals surface area (Å²) in [6.45, 7) is 2.43. The first kappa shape index (κ1) is 96.7. The lowest BCUT2D eigenvalue weighted by atomic mass is 10.0. The van der Waals surface area contributed by atoms with E-state index in [-0.39, 0.29) is 19.3 Å². The Hall–Kier alpha value is -4.31. The van der Waals surface area contributed by atoms with Gasteiger partial charge in [0.2, 0.25) is 0 Å². The van der Waals surface area contributed by atoms with E-state index in [0.717, 1.165) is 109 Å². The third kappa shape index (κ3) is 76.6. The number of carbonyl (C=O) groups excluding carboxylic acids is 3. The van der Waals surface area contributed by atoms with Gasteiger partial charge >= 0.3 is 33.6 Å². The molecule has 0 bridgehead atoms. The number of hydrogen-bond acceptors (Lipinski definition) is 14. The van der Waals surface area contributed by atoms with Gasteiger partial charge in [0.15, 0.2) is 6.10 Å². The normalized spacial score (nSPS) is 14.7. The van der Waals surface area contributed by atoms with Crippen LogP contribution in [0.2, 0.25) is 0 Å². The quantitative estimate of drug-likeness (QED) is 0.0146. The number of allylic oxidation sites excluding steroid dienone is 22. The molecule has 0 rings (SSSR count). The predicted molar refractivity (Wildman–Crippen MR) is 417 cm³/mol. The Labute approximate surface area is 614 Å². The van der Waals surface area contributed by atoms with Crippen LogP contribution in [0.4, 0.5) is 0 Å². The Kier molecular flexibility index (Phi) is 72.2. The largest absolute Gasteiger partial charge is 0.472 e. The Morgan fingerprint density at radius 2 is 0.545 bits per heavy atom. The average Bonchev–Trinajstić information content (AvgIpc) is 0.964. The summed E-state index contributed by atoms with van der Waals surface area (Å²) in [5.41, 5.74) is 0. The highest BCUT2D eigenvalue weighted by atomic mass is 31.2. The van der Waals surface area contributed by atoms with Gasteiger partial charge in [-0.2, -0.15) is 0 Å². The number of hydrogen-bond donors (Lipinski definition) is 4. The molecule has 0 aromatic rings. The third-order valence-electron chi connectivity index (χ3n) is 16.3. The van der Waals surface area contributed by atoms with Crippen molar-refractivity contribution < 1.29 is 75.8 Å². The number of phosphoric acid groups is 2. The van der Waals surface area contributed by atoms with Gasteiger partial charge in [0.05, 0.1) is 26.4 Å².